The summed E-state index contributed by atoms with van der Waals surface area (Å²) < 4.78 is 63.4. The minimum absolute atomic E-state index is 0.0986. The summed E-state index contributed by atoms with van der Waals surface area (Å²) in [7, 11) is -5.76. The van der Waals surface area contributed by atoms with Gasteiger partial charge < -0.3 is 4.18 Å². The van der Waals surface area contributed by atoms with Crippen molar-refractivity contribution in [1.82, 2.24) is 9.97 Å². The number of rotatable bonds is 3. The fourth-order valence-corrected chi connectivity index (χ4v) is 1.98. The van der Waals surface area contributed by atoms with Crippen LogP contribution < -0.4 is 4.18 Å². The van der Waals surface area contributed by atoms with Crippen LogP contribution in [0.15, 0.2) is 36.7 Å². The van der Waals surface area contributed by atoms with Crippen LogP contribution in [-0.4, -0.2) is 23.9 Å². The smallest absolute Gasteiger partial charge is 0.374 e. The molecule has 9 heteroatoms. The number of halogens is 3. The van der Waals surface area contributed by atoms with Gasteiger partial charge in [0.05, 0.1) is 11.9 Å². The standard InChI is InChI=1S/C12H9F3N2O3S/c1-8-3-2-4-10(17-8)9-5-6-16-7-11(9)20-21(18,19)12(13,14)15/h2-7H,1H3. The van der Waals surface area contributed by atoms with Gasteiger partial charge in [0.1, 0.15) is 0 Å². The third-order valence-electron chi connectivity index (χ3n) is 2.43. The zero-order chi connectivity index (χ0) is 15.7. The molecule has 0 aliphatic carbocycles. The second-order valence-corrected chi connectivity index (χ2v) is 5.56. The zero-order valence-electron chi connectivity index (χ0n) is 10.6. The molecule has 0 aliphatic heterocycles. The van der Waals surface area contributed by atoms with E-state index >= 15 is 0 Å². The molecular formula is C12H9F3N2O3S. The van der Waals surface area contributed by atoms with Gasteiger partial charge in [-0.25, -0.2) is 0 Å². The van der Waals surface area contributed by atoms with E-state index < -0.39 is 21.4 Å². The van der Waals surface area contributed by atoms with Crippen molar-refractivity contribution in [1.29, 1.82) is 0 Å². The maximum absolute atomic E-state index is 12.4. The number of nitrogens with zero attached hydrogens (tertiary/aromatic N) is 2. The van der Waals surface area contributed by atoms with Crippen LogP contribution in [0.4, 0.5) is 13.2 Å². The molecule has 0 spiro atoms. The predicted octanol–water partition coefficient (Wildman–Crippen LogP) is 2.68. The van der Waals surface area contributed by atoms with Crippen molar-refractivity contribution in [2.24, 2.45) is 0 Å². The quantitative estimate of drug-likeness (QED) is 0.643. The number of pyridine rings is 2. The summed E-state index contributed by atoms with van der Waals surface area (Å²) in [5.74, 6) is -0.534. The van der Waals surface area contributed by atoms with Gasteiger partial charge >= 0.3 is 15.6 Å². The zero-order valence-corrected chi connectivity index (χ0v) is 11.4. The van der Waals surface area contributed by atoms with Crippen LogP contribution in [0.3, 0.4) is 0 Å². The average Bonchev–Trinajstić information content (AvgIpc) is 2.37. The van der Waals surface area contributed by atoms with Crippen LogP contribution in [0.2, 0.25) is 0 Å². The minimum atomic E-state index is -5.76. The van der Waals surface area contributed by atoms with Gasteiger partial charge in [-0.1, -0.05) is 6.07 Å². The fourth-order valence-electron chi connectivity index (χ4n) is 1.52. The molecule has 0 radical (unpaired) electrons. The van der Waals surface area contributed by atoms with E-state index in [0.29, 0.717) is 5.69 Å². The lowest BCUT2D eigenvalue weighted by Gasteiger charge is -2.12. The van der Waals surface area contributed by atoms with E-state index in [1.807, 2.05) is 0 Å². The molecule has 5 nitrogen and oxygen atoms in total. The lowest BCUT2D eigenvalue weighted by molar-refractivity contribution is -0.0499. The first-order chi connectivity index (χ1) is 9.71. The van der Waals surface area contributed by atoms with Crippen LogP contribution in [0, 0.1) is 6.92 Å². The van der Waals surface area contributed by atoms with Crippen LogP contribution in [0.5, 0.6) is 5.75 Å². The molecule has 0 saturated carbocycles. The van der Waals surface area contributed by atoms with Gasteiger partial charge in [0.25, 0.3) is 0 Å². The SMILES string of the molecule is Cc1cccc(-c2ccncc2OS(=O)(=O)C(F)(F)F)n1. The Morgan fingerprint density at radius 2 is 1.90 bits per heavy atom. The highest BCUT2D eigenvalue weighted by molar-refractivity contribution is 7.88. The molecular weight excluding hydrogens is 309 g/mol. The predicted molar refractivity (Wildman–Crippen MR) is 67.8 cm³/mol. The van der Waals surface area contributed by atoms with Crippen LogP contribution in [-0.2, 0) is 10.1 Å². The highest BCUT2D eigenvalue weighted by atomic mass is 32.2. The molecule has 0 amide bonds. The van der Waals surface area contributed by atoms with E-state index in [9.17, 15) is 21.6 Å². The van der Waals surface area contributed by atoms with Gasteiger partial charge in [0.15, 0.2) is 5.75 Å². The summed E-state index contributed by atoms with van der Waals surface area (Å²) >= 11 is 0. The van der Waals surface area contributed by atoms with Gasteiger partial charge in [-0.2, -0.15) is 21.6 Å². The van der Waals surface area contributed by atoms with Crippen molar-refractivity contribution < 1.29 is 25.8 Å². The van der Waals surface area contributed by atoms with E-state index in [0.717, 1.165) is 6.20 Å². The molecule has 0 aromatic carbocycles. The lowest BCUT2D eigenvalue weighted by Crippen LogP contribution is -2.28. The van der Waals surface area contributed by atoms with Crippen molar-refractivity contribution in [2.75, 3.05) is 0 Å². The second kappa shape index (κ2) is 5.32. The van der Waals surface area contributed by atoms with Crippen molar-refractivity contribution in [3.05, 3.63) is 42.4 Å². The lowest BCUT2D eigenvalue weighted by atomic mass is 10.1. The summed E-state index contributed by atoms with van der Waals surface area (Å²) in [5, 5.41) is 0. The van der Waals surface area contributed by atoms with Gasteiger partial charge in [-0.15, -0.1) is 0 Å². The number of hydrogen-bond donors (Lipinski definition) is 0. The first kappa shape index (κ1) is 15.2. The van der Waals surface area contributed by atoms with Crippen LogP contribution in [0.1, 0.15) is 5.69 Å². The topological polar surface area (TPSA) is 69.2 Å². The third-order valence-corrected chi connectivity index (χ3v) is 3.40. The Bertz CT molecular complexity index is 760. The van der Waals surface area contributed by atoms with Crippen molar-refractivity contribution >= 4 is 10.1 Å². The molecule has 0 bridgehead atoms. The molecule has 0 saturated heterocycles. The normalized spacial score (nSPS) is 12.2. The monoisotopic (exact) mass is 318 g/mol. The molecule has 2 aromatic rings. The van der Waals surface area contributed by atoms with E-state index in [2.05, 4.69) is 14.2 Å². The summed E-state index contributed by atoms with van der Waals surface area (Å²) in [4.78, 5) is 7.69. The molecule has 0 N–H and O–H groups in total. The third kappa shape index (κ3) is 3.30. The Morgan fingerprint density at radius 1 is 1.19 bits per heavy atom. The Morgan fingerprint density at radius 3 is 2.52 bits per heavy atom. The van der Waals surface area contributed by atoms with E-state index in [-0.39, 0.29) is 11.3 Å². The maximum Gasteiger partial charge on any atom is 0.534 e. The molecule has 2 rings (SSSR count). The summed E-state index contributed by atoms with van der Waals surface area (Å²) in [5.41, 5.74) is -4.51. The average molecular weight is 318 g/mol. The van der Waals surface area contributed by atoms with Gasteiger partial charge in [-0.3, -0.25) is 9.97 Å². The maximum atomic E-state index is 12.4. The van der Waals surface area contributed by atoms with Crippen molar-refractivity contribution in [3.8, 4) is 17.0 Å². The molecule has 2 heterocycles. The largest absolute Gasteiger partial charge is 0.534 e. The Balaban J connectivity index is 2.48. The number of alkyl halides is 3. The summed E-state index contributed by atoms with van der Waals surface area (Å²) in [6.07, 6.45) is 2.19. The van der Waals surface area contributed by atoms with E-state index in [4.69, 9.17) is 0 Å². The Kier molecular flexibility index (Phi) is 3.86. The highest BCUT2D eigenvalue weighted by Crippen LogP contribution is 2.32. The molecule has 0 aliphatic rings. The van der Waals surface area contributed by atoms with Gasteiger partial charge in [0.2, 0.25) is 0 Å². The van der Waals surface area contributed by atoms with Crippen molar-refractivity contribution in [3.63, 3.8) is 0 Å². The van der Waals surface area contributed by atoms with Gasteiger partial charge in [0, 0.05) is 17.5 Å². The minimum Gasteiger partial charge on any atom is -0.374 e. The second-order valence-electron chi connectivity index (χ2n) is 4.02. The fraction of sp³-hybridized carbons (Fsp3) is 0.167. The number of aryl methyl sites for hydroxylation is 1. The number of hydrogen-bond acceptors (Lipinski definition) is 5. The highest BCUT2D eigenvalue weighted by Gasteiger charge is 2.48. The molecule has 0 fully saturated rings. The van der Waals surface area contributed by atoms with Crippen LogP contribution in [0.25, 0.3) is 11.3 Å². The molecule has 2 aromatic heterocycles. The Labute approximate surface area is 118 Å². The molecule has 0 unspecified atom stereocenters. The summed E-state index contributed by atoms with van der Waals surface area (Å²) in [6.45, 7) is 1.69. The molecule has 0 atom stereocenters. The van der Waals surface area contributed by atoms with Gasteiger partial charge in [-0.05, 0) is 25.1 Å². The van der Waals surface area contributed by atoms with Crippen LogP contribution >= 0.6 is 0 Å². The van der Waals surface area contributed by atoms with E-state index in [1.165, 1.54) is 18.3 Å². The molecule has 21 heavy (non-hydrogen) atoms. The van der Waals surface area contributed by atoms with E-state index in [1.54, 1.807) is 19.1 Å². The molecule has 112 valence electrons. The first-order valence-electron chi connectivity index (χ1n) is 5.59. The van der Waals surface area contributed by atoms with Crippen molar-refractivity contribution in [2.45, 2.75) is 12.4 Å². The first-order valence-corrected chi connectivity index (χ1v) is 7.00. The number of aromatic nitrogens is 2. The summed E-state index contributed by atoms with van der Waals surface area (Å²) in [6, 6.07) is 6.18. The Hall–Kier alpha value is -2.16.